The Morgan fingerprint density at radius 3 is 1.91 bits per heavy atom. The third-order valence-corrected chi connectivity index (χ3v) is 9.48. The van der Waals surface area contributed by atoms with Crippen molar-refractivity contribution in [3.05, 3.63) is 107 Å². The van der Waals surface area contributed by atoms with Gasteiger partial charge in [-0.1, -0.05) is 30.4 Å². The number of hydrogen-bond donors (Lipinski definition) is 3. The Kier molecular flexibility index (Phi) is 9.76. The van der Waals surface area contributed by atoms with E-state index in [9.17, 15) is 35.5 Å². The van der Waals surface area contributed by atoms with E-state index in [2.05, 4.69) is 10.2 Å². The number of carbonyl (C=O) groups excluding carboxylic acids is 1. The first-order valence-electron chi connectivity index (χ1n) is 12.1. The predicted octanol–water partition coefficient (Wildman–Crippen LogP) is 4.65. The van der Waals surface area contributed by atoms with Crippen LogP contribution >= 0.6 is 45.2 Å². The van der Waals surface area contributed by atoms with E-state index in [-0.39, 0.29) is 15.4 Å². The van der Waals surface area contributed by atoms with E-state index in [0.29, 0.717) is 41.1 Å². The van der Waals surface area contributed by atoms with E-state index in [1.54, 1.807) is 56.4 Å². The lowest BCUT2D eigenvalue weighted by Crippen LogP contribution is -2.22. The first-order chi connectivity index (χ1) is 20.1. The average Bonchev–Trinajstić information content (AvgIpc) is 3.35. The molecule has 0 unspecified atom stereocenters. The molecule has 0 saturated heterocycles. The van der Waals surface area contributed by atoms with Crippen LogP contribution in [-0.4, -0.2) is 47.3 Å². The van der Waals surface area contributed by atoms with Crippen LogP contribution < -0.4 is 10.6 Å². The number of rotatable bonds is 8. The number of aromatic amines is 1. The third kappa shape index (κ3) is 7.32. The molecule has 224 valence electrons. The van der Waals surface area contributed by atoms with Crippen LogP contribution in [0.2, 0.25) is 0 Å². The standard InChI is InChI=1S/C27H22I2N4O8S2/c1-16-20(26(34)32(30-16)24-12-10-18(14-22(24)28)42(36,37)38)8-6-4-3-5-7-9-21-17(2)31-33(27(21)35)25-13-11-19(15-23(25)29)43(39,40)41/h3-15,30H,1-2H3,(H,36,37,38)(H,39,40,41)/b4-3+,7-5+,8-6+,21-9-/i28+4,29+4. The smallest absolute Gasteiger partial charge is 0.294 e. The Labute approximate surface area is 273 Å². The van der Waals surface area contributed by atoms with Gasteiger partial charge in [0.05, 0.1) is 38.0 Å². The Bertz CT molecular complexity index is 2070. The van der Waals surface area contributed by atoms with Gasteiger partial charge >= 0.3 is 0 Å². The molecule has 4 rings (SSSR count). The number of H-pyrrole nitrogens is 1. The van der Waals surface area contributed by atoms with E-state index in [4.69, 9.17) is 0 Å². The summed E-state index contributed by atoms with van der Waals surface area (Å²) in [5, 5.41) is 8.40. The minimum Gasteiger partial charge on any atom is -0.295 e. The maximum Gasteiger partial charge on any atom is 0.294 e. The van der Waals surface area contributed by atoms with Gasteiger partial charge in [-0.2, -0.15) is 26.9 Å². The molecule has 1 aliphatic heterocycles. The summed E-state index contributed by atoms with van der Waals surface area (Å²) in [7, 11) is -8.75. The number of nitrogens with one attached hydrogen (secondary N) is 1. The van der Waals surface area contributed by atoms with Crippen molar-refractivity contribution in [2.45, 2.75) is 23.6 Å². The van der Waals surface area contributed by atoms with Crippen molar-refractivity contribution < 1.29 is 30.7 Å². The summed E-state index contributed by atoms with van der Waals surface area (Å²) in [6.45, 7) is 3.40. The molecular formula is C27H22I2N4O8S2. The summed E-state index contributed by atoms with van der Waals surface area (Å²) >= 11 is 3.75. The fourth-order valence-electron chi connectivity index (χ4n) is 3.94. The number of benzene rings is 2. The van der Waals surface area contributed by atoms with Crippen molar-refractivity contribution >= 4 is 88.8 Å². The number of amides is 1. The summed E-state index contributed by atoms with van der Waals surface area (Å²) in [6.07, 6.45) is 11.6. The molecule has 3 aromatic rings. The van der Waals surface area contributed by atoms with Gasteiger partial charge in [0.2, 0.25) is 0 Å². The normalized spacial score (nSPS) is 15.6. The zero-order valence-electron chi connectivity index (χ0n) is 22.3. The Hall–Kier alpha value is -3.17. The van der Waals surface area contributed by atoms with Crippen LogP contribution in [0.1, 0.15) is 18.2 Å². The van der Waals surface area contributed by atoms with Gasteiger partial charge in [0.15, 0.2) is 0 Å². The second-order valence-electron chi connectivity index (χ2n) is 8.98. The molecule has 0 atom stereocenters. The molecule has 3 N–H and O–H groups in total. The molecule has 43 heavy (non-hydrogen) atoms. The molecule has 1 aliphatic rings. The lowest BCUT2D eigenvalue weighted by atomic mass is 10.1. The van der Waals surface area contributed by atoms with Crippen LogP contribution in [0.25, 0.3) is 11.8 Å². The summed E-state index contributed by atoms with van der Waals surface area (Å²) in [4.78, 5) is 25.4. The Morgan fingerprint density at radius 1 is 0.814 bits per heavy atom. The summed E-state index contributed by atoms with van der Waals surface area (Å²) < 4.78 is 66.2. The molecule has 0 fully saturated rings. The van der Waals surface area contributed by atoms with Gasteiger partial charge in [0, 0.05) is 12.8 Å². The highest BCUT2D eigenvalue weighted by Gasteiger charge is 2.30. The van der Waals surface area contributed by atoms with E-state index >= 15 is 0 Å². The Balaban J connectivity index is 1.45. The van der Waals surface area contributed by atoms with Gasteiger partial charge in [-0.15, -0.1) is 0 Å². The second kappa shape index (κ2) is 12.8. The van der Waals surface area contributed by atoms with Crippen LogP contribution in [0.5, 0.6) is 0 Å². The second-order valence-corrected chi connectivity index (χ2v) is 14.1. The monoisotopic (exact) mass is 856 g/mol. The molecule has 0 saturated carbocycles. The summed E-state index contributed by atoms with van der Waals surface area (Å²) in [6, 6.07) is 7.74. The topological polar surface area (TPSA) is 179 Å². The fraction of sp³-hybridized carbons (Fsp3) is 0.0741. The number of aromatic nitrogens is 2. The highest BCUT2D eigenvalue weighted by atomic mass is 131. The highest BCUT2D eigenvalue weighted by molar-refractivity contribution is 14.1. The number of anilines is 1. The molecule has 16 heteroatoms. The van der Waals surface area contributed by atoms with Gasteiger partial charge in [0.1, 0.15) is 0 Å². The van der Waals surface area contributed by atoms with E-state index in [1.807, 2.05) is 45.2 Å². The highest BCUT2D eigenvalue weighted by Crippen LogP contribution is 2.30. The van der Waals surface area contributed by atoms with Crippen molar-refractivity contribution in [3.63, 3.8) is 0 Å². The van der Waals surface area contributed by atoms with Crippen LogP contribution in [0, 0.1) is 14.1 Å². The molecule has 12 nitrogen and oxygen atoms in total. The SMILES string of the molecule is CC1=NN(c2ccc(S(=O)(=O)O)cc2[131I])C(=O)\C1=C/C=C/C=C/C=C/c1c(C)[nH]n(-c2ccc(S(=O)(=O)O)cc2[131I])c1=O. The van der Waals surface area contributed by atoms with Gasteiger partial charge in [-0.05, 0) is 108 Å². The number of hydrogen-bond acceptors (Lipinski definition) is 7. The third-order valence-electron chi connectivity index (χ3n) is 6.05. The molecule has 0 aliphatic carbocycles. The average molecular weight is 856 g/mol. The van der Waals surface area contributed by atoms with Crippen LogP contribution in [0.15, 0.2) is 98.1 Å². The quantitative estimate of drug-likeness (QED) is 0.127. The molecule has 2 heterocycles. The zero-order chi connectivity index (χ0) is 31.7. The number of carbonyl (C=O) groups is 1. The minimum absolute atomic E-state index is 0.272. The molecule has 2 aromatic carbocycles. The van der Waals surface area contributed by atoms with Crippen molar-refractivity contribution in [1.82, 2.24) is 9.78 Å². The van der Waals surface area contributed by atoms with Crippen LogP contribution in [0.3, 0.4) is 0 Å². The van der Waals surface area contributed by atoms with Gasteiger partial charge in [-0.25, -0.2) is 4.68 Å². The maximum atomic E-state index is 13.0. The first kappa shape index (κ1) is 32.7. The van der Waals surface area contributed by atoms with Gasteiger partial charge < -0.3 is 0 Å². The van der Waals surface area contributed by atoms with E-state index in [1.165, 1.54) is 46.1 Å². The zero-order valence-corrected chi connectivity index (χ0v) is 28.2. The van der Waals surface area contributed by atoms with E-state index < -0.39 is 26.1 Å². The van der Waals surface area contributed by atoms with Crippen LogP contribution in [0.4, 0.5) is 5.69 Å². The van der Waals surface area contributed by atoms with Crippen molar-refractivity contribution in [2.75, 3.05) is 5.01 Å². The lowest BCUT2D eigenvalue weighted by Gasteiger charge is -2.14. The molecular weight excluding hydrogens is 834 g/mol. The molecule has 0 spiro atoms. The van der Waals surface area contributed by atoms with Crippen molar-refractivity contribution in [2.24, 2.45) is 5.10 Å². The molecule has 0 radical (unpaired) electrons. The minimum atomic E-state index is -4.38. The van der Waals surface area contributed by atoms with Crippen molar-refractivity contribution in [1.29, 1.82) is 0 Å². The number of hydrazone groups is 1. The molecule has 1 amide bonds. The van der Waals surface area contributed by atoms with E-state index in [0.717, 1.165) is 0 Å². The lowest BCUT2D eigenvalue weighted by molar-refractivity contribution is -0.114. The fourth-order valence-corrected chi connectivity index (χ4v) is 6.88. The number of nitrogens with zero attached hydrogens (tertiary/aromatic N) is 3. The molecule has 0 bridgehead atoms. The number of halogens is 2. The summed E-state index contributed by atoms with van der Waals surface area (Å²) in [5.41, 5.74) is 2.25. The summed E-state index contributed by atoms with van der Waals surface area (Å²) in [5.74, 6) is -0.398. The van der Waals surface area contributed by atoms with Crippen LogP contribution in [-0.2, 0) is 25.0 Å². The number of allylic oxidation sites excluding steroid dienone is 6. The van der Waals surface area contributed by atoms with Gasteiger partial charge in [0.25, 0.3) is 31.7 Å². The van der Waals surface area contributed by atoms with Gasteiger partial charge in [-0.3, -0.25) is 23.8 Å². The Morgan fingerprint density at radius 2 is 1.35 bits per heavy atom. The molecule has 1 aromatic heterocycles. The largest absolute Gasteiger partial charge is 0.295 e. The maximum absolute atomic E-state index is 13.0. The predicted molar refractivity (Wildman–Crippen MR) is 179 cm³/mol. The van der Waals surface area contributed by atoms with Crippen molar-refractivity contribution in [3.8, 4) is 5.69 Å². The number of aryl methyl sites for hydroxylation is 1. The first-order valence-corrected chi connectivity index (χ1v) is 17.1.